The van der Waals surface area contributed by atoms with Gasteiger partial charge in [-0.2, -0.15) is 5.10 Å². The van der Waals surface area contributed by atoms with Gasteiger partial charge in [-0.05, 0) is 62.6 Å². The van der Waals surface area contributed by atoms with Gasteiger partial charge in [0.1, 0.15) is 0 Å². The molecule has 1 aliphatic rings. The van der Waals surface area contributed by atoms with Crippen molar-refractivity contribution < 1.29 is 9.59 Å². The lowest BCUT2D eigenvalue weighted by atomic mass is 10.1. The molecule has 1 N–H and O–H groups in total. The maximum absolute atomic E-state index is 12.7. The van der Waals surface area contributed by atoms with Crippen molar-refractivity contribution in [2.45, 2.75) is 39.3 Å². The van der Waals surface area contributed by atoms with Gasteiger partial charge in [0.25, 0.3) is 5.91 Å². The molecule has 2 aromatic carbocycles. The van der Waals surface area contributed by atoms with Crippen LogP contribution in [0.15, 0.2) is 60.7 Å². The second-order valence-corrected chi connectivity index (χ2v) is 8.30. The largest absolute Gasteiger partial charge is 0.349 e. The Labute approximate surface area is 188 Å². The number of amides is 2. The fourth-order valence-corrected chi connectivity index (χ4v) is 3.61. The van der Waals surface area contributed by atoms with Crippen LogP contribution in [0.4, 0.5) is 0 Å². The lowest BCUT2D eigenvalue weighted by molar-refractivity contribution is -0.125. The maximum atomic E-state index is 12.7. The van der Waals surface area contributed by atoms with Gasteiger partial charge in [0, 0.05) is 42.5 Å². The van der Waals surface area contributed by atoms with Gasteiger partial charge in [-0.1, -0.05) is 30.3 Å². The second kappa shape index (κ2) is 9.22. The van der Waals surface area contributed by atoms with Crippen molar-refractivity contribution in [3.05, 3.63) is 88.8 Å². The molecule has 0 spiro atoms. The van der Waals surface area contributed by atoms with Crippen LogP contribution in [0.5, 0.6) is 0 Å². The SMILES string of the molecule is Cc1nn(-c2ccccc2)c(C)c1/C=C/C(=O)N(C)Cc1ccc(C(=O)NC2CC2)cc1. The van der Waals surface area contributed by atoms with Crippen LogP contribution in [0.2, 0.25) is 0 Å². The zero-order valence-corrected chi connectivity index (χ0v) is 18.7. The molecule has 1 aliphatic carbocycles. The van der Waals surface area contributed by atoms with Crippen molar-refractivity contribution in [2.75, 3.05) is 7.05 Å². The fourth-order valence-electron chi connectivity index (χ4n) is 3.61. The number of carbonyl (C=O) groups is 2. The van der Waals surface area contributed by atoms with Gasteiger partial charge in [-0.15, -0.1) is 0 Å². The lowest BCUT2D eigenvalue weighted by Crippen LogP contribution is -2.26. The Bertz CT molecular complexity index is 1140. The second-order valence-electron chi connectivity index (χ2n) is 8.30. The molecular weight excluding hydrogens is 400 g/mol. The maximum Gasteiger partial charge on any atom is 0.251 e. The molecule has 0 saturated heterocycles. The van der Waals surface area contributed by atoms with Gasteiger partial charge in [-0.3, -0.25) is 9.59 Å². The van der Waals surface area contributed by atoms with Crippen molar-refractivity contribution in [3.63, 3.8) is 0 Å². The zero-order chi connectivity index (χ0) is 22.7. The molecule has 2 amide bonds. The molecule has 1 aromatic heterocycles. The summed E-state index contributed by atoms with van der Waals surface area (Å²) < 4.78 is 1.89. The number of hydrogen-bond acceptors (Lipinski definition) is 3. The van der Waals surface area contributed by atoms with E-state index in [1.807, 2.05) is 79.2 Å². The standard InChI is InChI=1S/C26H28N4O2/c1-18-24(19(2)30(28-18)23-7-5-4-6-8-23)15-16-25(31)29(3)17-20-9-11-21(12-10-20)26(32)27-22-13-14-22/h4-12,15-16,22H,13-14,17H2,1-3H3,(H,27,32)/b16-15+. The summed E-state index contributed by atoms with van der Waals surface area (Å²) in [6.45, 7) is 4.41. The van der Waals surface area contributed by atoms with Gasteiger partial charge in [0.15, 0.2) is 0 Å². The smallest absolute Gasteiger partial charge is 0.251 e. The number of hydrogen-bond donors (Lipinski definition) is 1. The fraction of sp³-hybridized carbons (Fsp3) is 0.269. The van der Waals surface area contributed by atoms with Crippen LogP contribution in [0, 0.1) is 13.8 Å². The highest BCUT2D eigenvalue weighted by atomic mass is 16.2. The van der Waals surface area contributed by atoms with Crippen molar-refractivity contribution >= 4 is 17.9 Å². The first-order valence-electron chi connectivity index (χ1n) is 10.9. The Morgan fingerprint density at radius 2 is 1.78 bits per heavy atom. The molecule has 1 fully saturated rings. The van der Waals surface area contributed by atoms with Gasteiger partial charge in [-0.25, -0.2) is 4.68 Å². The third-order valence-electron chi connectivity index (χ3n) is 5.67. The minimum Gasteiger partial charge on any atom is -0.349 e. The summed E-state index contributed by atoms with van der Waals surface area (Å²) in [6.07, 6.45) is 5.55. The van der Waals surface area contributed by atoms with E-state index in [2.05, 4.69) is 10.4 Å². The summed E-state index contributed by atoms with van der Waals surface area (Å²) in [7, 11) is 1.77. The molecule has 164 valence electrons. The molecule has 0 aliphatic heterocycles. The Morgan fingerprint density at radius 1 is 1.09 bits per heavy atom. The molecule has 4 rings (SSSR count). The zero-order valence-electron chi connectivity index (χ0n) is 18.7. The van der Waals surface area contributed by atoms with E-state index in [4.69, 9.17) is 0 Å². The van der Waals surface area contributed by atoms with E-state index in [0.717, 1.165) is 41.0 Å². The highest BCUT2D eigenvalue weighted by molar-refractivity contribution is 5.94. The van der Waals surface area contributed by atoms with E-state index in [9.17, 15) is 9.59 Å². The van der Waals surface area contributed by atoms with E-state index in [-0.39, 0.29) is 11.8 Å². The summed E-state index contributed by atoms with van der Waals surface area (Å²) in [5.41, 5.74) is 5.42. The van der Waals surface area contributed by atoms with Crippen LogP contribution in [-0.4, -0.2) is 39.6 Å². The summed E-state index contributed by atoms with van der Waals surface area (Å²) in [4.78, 5) is 26.4. The molecule has 0 bridgehead atoms. The summed E-state index contributed by atoms with van der Waals surface area (Å²) in [5, 5.41) is 7.61. The molecule has 3 aromatic rings. The molecule has 6 heteroatoms. The summed E-state index contributed by atoms with van der Waals surface area (Å²) >= 11 is 0. The average Bonchev–Trinajstić information content (AvgIpc) is 3.57. The first-order valence-corrected chi connectivity index (χ1v) is 10.9. The number of aromatic nitrogens is 2. The monoisotopic (exact) mass is 428 g/mol. The molecule has 1 heterocycles. The normalized spacial score (nSPS) is 13.3. The van der Waals surface area contributed by atoms with Gasteiger partial charge < -0.3 is 10.2 Å². The van der Waals surface area contributed by atoms with E-state index < -0.39 is 0 Å². The molecule has 6 nitrogen and oxygen atoms in total. The van der Waals surface area contributed by atoms with Crippen LogP contribution in [0.3, 0.4) is 0 Å². The van der Waals surface area contributed by atoms with Crippen molar-refractivity contribution in [2.24, 2.45) is 0 Å². The Kier molecular flexibility index (Phi) is 6.21. The summed E-state index contributed by atoms with van der Waals surface area (Å²) in [5.74, 6) is -0.125. The minimum atomic E-state index is -0.0909. The third-order valence-corrected chi connectivity index (χ3v) is 5.67. The number of rotatable bonds is 7. The molecule has 32 heavy (non-hydrogen) atoms. The Morgan fingerprint density at radius 3 is 2.44 bits per heavy atom. The first kappa shape index (κ1) is 21.6. The molecular formula is C26H28N4O2. The van der Waals surface area contributed by atoms with Crippen LogP contribution in [0.25, 0.3) is 11.8 Å². The first-order chi connectivity index (χ1) is 15.4. The van der Waals surface area contributed by atoms with Crippen molar-refractivity contribution in [3.8, 4) is 5.69 Å². The van der Waals surface area contributed by atoms with E-state index in [1.54, 1.807) is 18.0 Å². The predicted molar refractivity (Wildman–Crippen MR) is 125 cm³/mol. The summed E-state index contributed by atoms with van der Waals surface area (Å²) in [6, 6.07) is 17.7. The number of carbonyl (C=O) groups excluding carboxylic acids is 2. The highest BCUT2D eigenvalue weighted by Gasteiger charge is 2.23. The number of aryl methyl sites for hydroxylation is 1. The van der Waals surface area contributed by atoms with Crippen LogP contribution >= 0.6 is 0 Å². The third kappa shape index (κ3) is 4.97. The van der Waals surface area contributed by atoms with Crippen LogP contribution in [0.1, 0.15) is 45.7 Å². The van der Waals surface area contributed by atoms with E-state index in [1.165, 1.54) is 0 Å². The molecule has 0 atom stereocenters. The Hall–Kier alpha value is -3.67. The number of benzene rings is 2. The van der Waals surface area contributed by atoms with Gasteiger partial charge >= 0.3 is 0 Å². The molecule has 0 unspecified atom stereocenters. The lowest BCUT2D eigenvalue weighted by Gasteiger charge is -2.15. The predicted octanol–water partition coefficient (Wildman–Crippen LogP) is 4.05. The number of likely N-dealkylation sites (N-methyl/N-ethyl adjacent to an activating group) is 1. The van der Waals surface area contributed by atoms with E-state index in [0.29, 0.717) is 18.2 Å². The van der Waals surface area contributed by atoms with Gasteiger partial charge in [0.05, 0.1) is 11.4 Å². The van der Waals surface area contributed by atoms with Gasteiger partial charge in [0.2, 0.25) is 5.91 Å². The number of nitrogens with one attached hydrogen (secondary N) is 1. The average molecular weight is 429 g/mol. The quantitative estimate of drug-likeness (QED) is 0.577. The molecule has 0 radical (unpaired) electrons. The van der Waals surface area contributed by atoms with Crippen LogP contribution in [-0.2, 0) is 11.3 Å². The topological polar surface area (TPSA) is 67.2 Å². The van der Waals surface area contributed by atoms with E-state index >= 15 is 0 Å². The molecule has 1 saturated carbocycles. The number of nitrogens with zero attached hydrogens (tertiary/aromatic N) is 3. The van der Waals surface area contributed by atoms with Crippen LogP contribution < -0.4 is 5.32 Å². The minimum absolute atomic E-state index is 0.0341. The van der Waals surface area contributed by atoms with Crippen molar-refractivity contribution in [1.29, 1.82) is 0 Å². The van der Waals surface area contributed by atoms with Crippen molar-refractivity contribution in [1.82, 2.24) is 20.0 Å². The number of para-hydroxylation sites is 1. The highest BCUT2D eigenvalue weighted by Crippen LogP contribution is 2.20. The Balaban J connectivity index is 1.39.